The van der Waals surface area contributed by atoms with Crippen LogP contribution in [0.2, 0.25) is 0 Å². The summed E-state index contributed by atoms with van der Waals surface area (Å²) in [7, 11) is -3.87. The van der Waals surface area contributed by atoms with Crippen molar-refractivity contribution >= 4 is 27.5 Å². The lowest BCUT2D eigenvalue weighted by Crippen LogP contribution is -3.00. The maximum absolute atomic E-state index is 11.9. The summed E-state index contributed by atoms with van der Waals surface area (Å²) < 4.78 is 27.2. The van der Waals surface area contributed by atoms with Crippen LogP contribution < -0.4 is 27.0 Å². The van der Waals surface area contributed by atoms with Crippen molar-refractivity contribution in [2.75, 3.05) is 5.32 Å². The number of rotatable bonds is 5. The number of pyridine rings is 1. The Labute approximate surface area is 146 Å². The van der Waals surface area contributed by atoms with Crippen molar-refractivity contribution < 1.29 is 35.0 Å². The lowest BCUT2D eigenvalue weighted by molar-refractivity contribution is -0.684. The first-order valence-corrected chi connectivity index (χ1v) is 8.22. The summed E-state index contributed by atoms with van der Waals surface area (Å²) in [5, 5.41) is 2.67. The zero-order valence-electron chi connectivity index (χ0n) is 12.8. The molecule has 2 amide bonds. The van der Waals surface area contributed by atoms with Crippen LogP contribution in [0.5, 0.6) is 0 Å². The quantitative estimate of drug-likeness (QED) is 0.567. The summed E-state index contributed by atoms with van der Waals surface area (Å²) in [6.07, 6.45) is 3.53. The molecule has 7 nitrogen and oxygen atoms in total. The summed E-state index contributed by atoms with van der Waals surface area (Å²) in [6, 6.07) is 11.0. The zero-order valence-corrected chi connectivity index (χ0v) is 14.3. The summed E-state index contributed by atoms with van der Waals surface area (Å²) in [5.41, 5.74) is 0.466. The SMILES string of the molecule is CC(=O)NS(=O)(=O)c1ccc(NC(=O)C[n+]2ccccc2)cc1.[Cl-]. The van der Waals surface area contributed by atoms with Gasteiger partial charge in [0.1, 0.15) is 0 Å². The van der Waals surface area contributed by atoms with E-state index >= 15 is 0 Å². The molecule has 0 spiro atoms. The fourth-order valence-corrected chi connectivity index (χ4v) is 2.86. The molecule has 0 radical (unpaired) electrons. The molecule has 24 heavy (non-hydrogen) atoms. The molecular formula is C15H16ClN3O4S. The number of halogens is 1. The molecule has 2 rings (SSSR count). The fraction of sp³-hybridized carbons (Fsp3) is 0.133. The zero-order chi connectivity index (χ0) is 16.9. The van der Waals surface area contributed by atoms with Crippen LogP contribution in [-0.4, -0.2) is 20.2 Å². The predicted molar refractivity (Wildman–Crippen MR) is 82.7 cm³/mol. The Morgan fingerprint density at radius 2 is 1.62 bits per heavy atom. The molecule has 0 fully saturated rings. The van der Waals surface area contributed by atoms with E-state index in [-0.39, 0.29) is 29.8 Å². The van der Waals surface area contributed by atoms with Crippen LogP contribution in [0.4, 0.5) is 5.69 Å². The van der Waals surface area contributed by atoms with Crippen molar-refractivity contribution in [1.82, 2.24) is 4.72 Å². The number of sulfonamides is 1. The Balaban J connectivity index is 0.00000288. The topological polar surface area (TPSA) is 96.2 Å². The van der Waals surface area contributed by atoms with E-state index in [2.05, 4.69) is 5.32 Å². The number of benzene rings is 1. The van der Waals surface area contributed by atoms with Gasteiger partial charge in [0, 0.05) is 24.7 Å². The molecule has 0 aliphatic heterocycles. The Hall–Kier alpha value is -2.45. The second-order valence-corrected chi connectivity index (χ2v) is 6.46. The van der Waals surface area contributed by atoms with Crippen LogP contribution in [-0.2, 0) is 26.2 Å². The molecule has 128 valence electrons. The summed E-state index contributed by atoms with van der Waals surface area (Å²) in [5.74, 6) is -0.902. The van der Waals surface area contributed by atoms with Crippen LogP contribution in [0.25, 0.3) is 0 Å². The molecule has 2 aromatic rings. The summed E-state index contributed by atoms with van der Waals surface area (Å²) in [6.45, 7) is 1.26. The molecule has 0 saturated heterocycles. The maximum Gasteiger partial charge on any atom is 0.290 e. The van der Waals surface area contributed by atoms with Gasteiger partial charge in [0.05, 0.1) is 4.90 Å². The van der Waals surface area contributed by atoms with Gasteiger partial charge in [-0.15, -0.1) is 0 Å². The molecule has 9 heteroatoms. The molecule has 1 aromatic carbocycles. The van der Waals surface area contributed by atoms with Gasteiger partial charge in [-0.2, -0.15) is 4.57 Å². The summed E-state index contributed by atoms with van der Waals surface area (Å²) >= 11 is 0. The number of aromatic nitrogens is 1. The second-order valence-electron chi connectivity index (χ2n) is 4.78. The molecular weight excluding hydrogens is 354 g/mol. The van der Waals surface area contributed by atoms with Crippen molar-refractivity contribution in [1.29, 1.82) is 0 Å². The number of amides is 2. The largest absolute Gasteiger partial charge is 1.00 e. The Kier molecular flexibility index (Phi) is 6.87. The lowest BCUT2D eigenvalue weighted by Gasteiger charge is -2.06. The first-order valence-electron chi connectivity index (χ1n) is 6.74. The first-order chi connectivity index (χ1) is 10.9. The smallest absolute Gasteiger partial charge is 0.290 e. The van der Waals surface area contributed by atoms with Gasteiger partial charge in [-0.25, -0.2) is 13.1 Å². The van der Waals surface area contributed by atoms with E-state index in [9.17, 15) is 18.0 Å². The Bertz CT molecular complexity index is 808. The number of nitrogens with zero attached hydrogens (tertiary/aromatic N) is 1. The minimum absolute atomic E-state index is 0. The van der Waals surface area contributed by atoms with Gasteiger partial charge in [-0.05, 0) is 24.3 Å². The van der Waals surface area contributed by atoms with Crippen molar-refractivity contribution in [3.05, 3.63) is 54.9 Å². The predicted octanol–water partition coefficient (Wildman–Crippen LogP) is -2.56. The maximum atomic E-state index is 11.9. The fourth-order valence-electron chi connectivity index (χ4n) is 1.87. The van der Waals surface area contributed by atoms with E-state index in [1.165, 1.54) is 24.3 Å². The number of anilines is 1. The van der Waals surface area contributed by atoms with Crippen LogP contribution in [0.15, 0.2) is 59.8 Å². The van der Waals surface area contributed by atoms with E-state index in [4.69, 9.17) is 0 Å². The minimum Gasteiger partial charge on any atom is -1.00 e. The normalized spacial score (nSPS) is 10.4. The first kappa shape index (κ1) is 19.6. The molecule has 0 saturated carbocycles. The number of carbonyl (C=O) groups excluding carboxylic acids is 2. The molecule has 0 aliphatic rings. The van der Waals surface area contributed by atoms with Gasteiger partial charge in [-0.3, -0.25) is 9.59 Å². The number of hydrogen-bond donors (Lipinski definition) is 2. The minimum atomic E-state index is -3.87. The van der Waals surface area contributed by atoms with Crippen molar-refractivity contribution in [2.45, 2.75) is 18.4 Å². The van der Waals surface area contributed by atoms with Crippen molar-refractivity contribution in [3.63, 3.8) is 0 Å². The highest BCUT2D eigenvalue weighted by atomic mass is 35.5. The van der Waals surface area contributed by atoms with Gasteiger partial charge >= 0.3 is 0 Å². The molecule has 0 bridgehead atoms. The number of hydrogen-bond acceptors (Lipinski definition) is 4. The third-order valence-electron chi connectivity index (χ3n) is 2.83. The average Bonchev–Trinajstić information content (AvgIpc) is 2.47. The molecule has 0 unspecified atom stereocenters. The third-order valence-corrected chi connectivity index (χ3v) is 4.28. The average molecular weight is 370 g/mol. The van der Waals surface area contributed by atoms with Gasteiger partial charge in [0.15, 0.2) is 12.4 Å². The standard InChI is InChI=1S/C15H15N3O4S.ClH/c1-12(19)17-23(21,22)14-7-5-13(6-8-14)16-15(20)11-18-9-3-2-4-10-18;/h2-10H,11H2,1H3,(H-,16,17,19,20);1H. The Morgan fingerprint density at radius 1 is 1.04 bits per heavy atom. The third kappa shape index (κ3) is 5.64. The van der Waals surface area contributed by atoms with Crippen LogP contribution in [0.3, 0.4) is 0 Å². The van der Waals surface area contributed by atoms with Crippen LogP contribution in [0, 0.1) is 0 Å². The van der Waals surface area contributed by atoms with Crippen molar-refractivity contribution in [2.24, 2.45) is 0 Å². The highest BCUT2D eigenvalue weighted by Gasteiger charge is 2.15. The molecule has 2 N–H and O–H groups in total. The van der Waals surface area contributed by atoms with Crippen molar-refractivity contribution in [3.8, 4) is 0 Å². The van der Waals surface area contributed by atoms with Crippen LogP contribution >= 0.6 is 0 Å². The van der Waals surface area contributed by atoms with Gasteiger partial charge in [0.25, 0.3) is 15.9 Å². The highest BCUT2D eigenvalue weighted by Crippen LogP contribution is 2.13. The van der Waals surface area contributed by atoms with E-state index in [1.54, 1.807) is 17.0 Å². The van der Waals surface area contributed by atoms with Gasteiger partial charge in [0.2, 0.25) is 12.5 Å². The Morgan fingerprint density at radius 3 is 2.17 bits per heavy atom. The second kappa shape index (κ2) is 8.42. The van der Waals surface area contributed by atoms with Gasteiger partial charge in [-0.1, -0.05) is 6.07 Å². The van der Waals surface area contributed by atoms with E-state index < -0.39 is 15.9 Å². The van der Waals surface area contributed by atoms with Gasteiger partial charge < -0.3 is 17.7 Å². The monoisotopic (exact) mass is 369 g/mol. The van der Waals surface area contributed by atoms with E-state index in [1.807, 2.05) is 22.9 Å². The lowest BCUT2D eigenvalue weighted by atomic mass is 10.3. The molecule has 0 atom stereocenters. The molecule has 1 heterocycles. The van der Waals surface area contributed by atoms with Crippen LogP contribution in [0.1, 0.15) is 6.92 Å². The van der Waals surface area contributed by atoms with E-state index in [0.29, 0.717) is 5.69 Å². The molecule has 1 aromatic heterocycles. The highest BCUT2D eigenvalue weighted by molar-refractivity contribution is 7.90. The number of nitrogens with one attached hydrogen (secondary N) is 2. The summed E-state index contributed by atoms with van der Waals surface area (Å²) in [4.78, 5) is 22.7. The van der Waals surface area contributed by atoms with E-state index in [0.717, 1.165) is 6.92 Å². The number of carbonyl (C=O) groups is 2. The molecule has 0 aliphatic carbocycles.